The monoisotopic (exact) mass is 395 g/mol. The van der Waals surface area contributed by atoms with E-state index in [4.69, 9.17) is 27.6 Å². The van der Waals surface area contributed by atoms with Gasteiger partial charge in [-0.1, -0.05) is 23.2 Å². The number of amides is 2. The molecule has 6 nitrogen and oxygen atoms in total. The van der Waals surface area contributed by atoms with Gasteiger partial charge in [-0.05, 0) is 37.3 Å². The largest absolute Gasteiger partial charge is 0.459 e. The number of rotatable bonds is 4. The molecule has 0 bridgehead atoms. The maximum atomic E-state index is 12.5. The molecule has 0 spiro atoms. The number of carbonyl (C=O) groups is 2. The fourth-order valence-electron chi connectivity index (χ4n) is 2.86. The van der Waals surface area contributed by atoms with Crippen LogP contribution in [-0.2, 0) is 4.79 Å². The summed E-state index contributed by atoms with van der Waals surface area (Å²) >= 11 is 12.0. The Balaban J connectivity index is 1.55. The first-order chi connectivity index (χ1) is 12.5. The molecule has 1 saturated heterocycles. The fraction of sp³-hybridized carbons (Fsp3) is 0.333. The number of hydrogen-bond donors (Lipinski definition) is 1. The van der Waals surface area contributed by atoms with Crippen molar-refractivity contribution in [1.82, 2.24) is 9.80 Å². The van der Waals surface area contributed by atoms with Crippen molar-refractivity contribution >= 4 is 40.7 Å². The number of nitrogens with zero attached hydrogens (tertiary/aromatic N) is 2. The molecule has 26 heavy (non-hydrogen) atoms. The van der Waals surface area contributed by atoms with Crippen LogP contribution in [0.25, 0.3) is 0 Å². The summed E-state index contributed by atoms with van der Waals surface area (Å²) in [6, 6.07) is 7.94. The van der Waals surface area contributed by atoms with Crippen LogP contribution in [0.1, 0.15) is 17.5 Å². The Morgan fingerprint density at radius 1 is 1.15 bits per heavy atom. The fourth-order valence-corrected chi connectivity index (χ4v) is 3.32. The molecule has 2 aromatic rings. The summed E-state index contributed by atoms with van der Waals surface area (Å²) < 4.78 is 5.16. The van der Waals surface area contributed by atoms with E-state index in [2.05, 4.69) is 5.32 Å². The summed E-state index contributed by atoms with van der Waals surface area (Å²) in [5.74, 6) is 0.0568. The third-order valence-corrected chi connectivity index (χ3v) is 5.00. The van der Waals surface area contributed by atoms with Gasteiger partial charge in [0.1, 0.15) is 0 Å². The number of nitrogens with one attached hydrogen (secondary N) is 1. The van der Waals surface area contributed by atoms with Crippen molar-refractivity contribution in [2.45, 2.75) is 13.0 Å². The van der Waals surface area contributed by atoms with Crippen molar-refractivity contribution < 1.29 is 14.0 Å². The number of carbonyl (C=O) groups excluding carboxylic acids is 2. The molecule has 1 aliphatic heterocycles. The van der Waals surface area contributed by atoms with Crippen LogP contribution < -0.4 is 5.32 Å². The molecule has 1 fully saturated rings. The van der Waals surface area contributed by atoms with E-state index in [1.165, 1.54) is 6.26 Å². The zero-order valence-corrected chi connectivity index (χ0v) is 15.8. The van der Waals surface area contributed by atoms with Crippen LogP contribution in [-0.4, -0.2) is 53.8 Å². The van der Waals surface area contributed by atoms with Crippen molar-refractivity contribution in [3.8, 4) is 0 Å². The summed E-state index contributed by atoms with van der Waals surface area (Å²) in [5, 5.41) is 3.73. The van der Waals surface area contributed by atoms with E-state index in [9.17, 15) is 9.59 Å². The van der Waals surface area contributed by atoms with Gasteiger partial charge in [0, 0.05) is 31.2 Å². The van der Waals surface area contributed by atoms with Gasteiger partial charge in [0.15, 0.2) is 5.76 Å². The van der Waals surface area contributed by atoms with Crippen molar-refractivity contribution in [1.29, 1.82) is 0 Å². The van der Waals surface area contributed by atoms with Crippen molar-refractivity contribution in [2.75, 3.05) is 31.5 Å². The molecule has 0 saturated carbocycles. The minimum Gasteiger partial charge on any atom is -0.459 e. The highest BCUT2D eigenvalue weighted by Crippen LogP contribution is 2.25. The lowest BCUT2D eigenvalue weighted by atomic mass is 10.2. The molecule has 1 aliphatic rings. The van der Waals surface area contributed by atoms with Gasteiger partial charge in [-0.3, -0.25) is 14.5 Å². The third kappa shape index (κ3) is 4.20. The van der Waals surface area contributed by atoms with Crippen molar-refractivity contribution in [2.24, 2.45) is 0 Å². The molecule has 0 aliphatic carbocycles. The lowest BCUT2D eigenvalue weighted by molar-refractivity contribution is -0.121. The minimum absolute atomic E-state index is 0.125. The summed E-state index contributed by atoms with van der Waals surface area (Å²) in [5.41, 5.74) is 0.527. The third-order valence-electron chi connectivity index (χ3n) is 4.45. The molecular weight excluding hydrogens is 377 g/mol. The highest BCUT2D eigenvalue weighted by molar-refractivity contribution is 6.36. The highest BCUT2D eigenvalue weighted by atomic mass is 35.5. The minimum atomic E-state index is -0.345. The Morgan fingerprint density at radius 3 is 2.50 bits per heavy atom. The summed E-state index contributed by atoms with van der Waals surface area (Å²) in [6.07, 6.45) is 1.48. The van der Waals surface area contributed by atoms with E-state index < -0.39 is 0 Å². The average molecular weight is 396 g/mol. The Bertz CT molecular complexity index is 787. The zero-order valence-electron chi connectivity index (χ0n) is 14.2. The maximum absolute atomic E-state index is 12.5. The molecule has 0 unspecified atom stereocenters. The molecule has 138 valence electrons. The van der Waals surface area contributed by atoms with Crippen molar-refractivity contribution in [3.05, 3.63) is 52.4 Å². The van der Waals surface area contributed by atoms with Crippen LogP contribution >= 0.6 is 23.2 Å². The quantitative estimate of drug-likeness (QED) is 0.861. The topological polar surface area (TPSA) is 65.8 Å². The number of hydrogen-bond acceptors (Lipinski definition) is 4. The molecule has 1 N–H and O–H groups in total. The Kier molecular flexibility index (Phi) is 5.86. The molecule has 3 rings (SSSR count). The normalized spacial score (nSPS) is 16.3. The van der Waals surface area contributed by atoms with E-state index >= 15 is 0 Å². The Labute approximate surface area is 161 Å². The van der Waals surface area contributed by atoms with E-state index in [0.717, 1.165) is 0 Å². The standard InChI is InChI=1S/C18H19Cl2N3O3/c1-12(17(24)21-15-5-4-13(19)11-14(15)20)22-6-8-23(9-7-22)18(25)16-3-2-10-26-16/h2-5,10-12H,6-9H2,1H3,(H,21,24)/t12-/m1/s1. The zero-order chi connectivity index (χ0) is 18.7. The second-order valence-corrected chi connectivity index (χ2v) is 6.94. The van der Waals surface area contributed by atoms with E-state index in [0.29, 0.717) is 47.7 Å². The van der Waals surface area contributed by atoms with Crippen molar-refractivity contribution in [3.63, 3.8) is 0 Å². The molecule has 1 atom stereocenters. The average Bonchev–Trinajstić information content (AvgIpc) is 3.17. The van der Waals surface area contributed by atoms with Crippen LogP contribution in [0.2, 0.25) is 10.0 Å². The summed E-state index contributed by atoms with van der Waals surface area (Å²) in [6.45, 7) is 4.13. The van der Waals surface area contributed by atoms with Crippen LogP contribution in [0.3, 0.4) is 0 Å². The first-order valence-corrected chi connectivity index (χ1v) is 9.04. The Hall–Kier alpha value is -2.02. The maximum Gasteiger partial charge on any atom is 0.289 e. The van der Waals surface area contributed by atoms with Crippen LogP contribution in [0, 0.1) is 0 Å². The lowest BCUT2D eigenvalue weighted by Crippen LogP contribution is -2.54. The molecule has 2 amide bonds. The second kappa shape index (κ2) is 8.12. The van der Waals surface area contributed by atoms with E-state index in [1.54, 1.807) is 35.2 Å². The first-order valence-electron chi connectivity index (χ1n) is 8.28. The molecular formula is C18H19Cl2N3O3. The van der Waals surface area contributed by atoms with Crippen LogP contribution in [0.15, 0.2) is 41.0 Å². The lowest BCUT2D eigenvalue weighted by Gasteiger charge is -2.37. The van der Waals surface area contributed by atoms with Crippen LogP contribution in [0.4, 0.5) is 5.69 Å². The van der Waals surface area contributed by atoms with Gasteiger partial charge in [-0.25, -0.2) is 0 Å². The van der Waals surface area contributed by atoms with E-state index in [-0.39, 0.29) is 17.9 Å². The number of anilines is 1. The van der Waals surface area contributed by atoms with Gasteiger partial charge in [-0.15, -0.1) is 0 Å². The van der Waals surface area contributed by atoms with Gasteiger partial charge in [0.2, 0.25) is 5.91 Å². The number of furan rings is 1. The van der Waals surface area contributed by atoms with Gasteiger partial charge in [-0.2, -0.15) is 0 Å². The predicted octanol–water partition coefficient (Wildman–Crippen LogP) is 3.37. The van der Waals surface area contributed by atoms with Crippen LogP contribution in [0.5, 0.6) is 0 Å². The predicted molar refractivity (Wildman–Crippen MR) is 101 cm³/mol. The number of piperazine rings is 1. The van der Waals surface area contributed by atoms with Gasteiger partial charge >= 0.3 is 0 Å². The smallest absolute Gasteiger partial charge is 0.289 e. The molecule has 0 radical (unpaired) electrons. The number of halogens is 2. The number of benzene rings is 1. The van der Waals surface area contributed by atoms with Gasteiger partial charge in [0.05, 0.1) is 23.0 Å². The van der Waals surface area contributed by atoms with Gasteiger partial charge < -0.3 is 14.6 Å². The second-order valence-electron chi connectivity index (χ2n) is 6.09. The first kappa shape index (κ1) is 18.8. The molecule has 2 heterocycles. The highest BCUT2D eigenvalue weighted by Gasteiger charge is 2.28. The molecule has 8 heteroatoms. The van der Waals surface area contributed by atoms with E-state index in [1.807, 2.05) is 11.8 Å². The Morgan fingerprint density at radius 2 is 1.88 bits per heavy atom. The summed E-state index contributed by atoms with van der Waals surface area (Å²) in [7, 11) is 0. The molecule has 1 aromatic carbocycles. The SMILES string of the molecule is C[C@H](C(=O)Nc1ccc(Cl)cc1Cl)N1CCN(C(=O)c2ccco2)CC1. The summed E-state index contributed by atoms with van der Waals surface area (Å²) in [4.78, 5) is 28.6. The molecule has 1 aromatic heterocycles. The van der Waals surface area contributed by atoms with Gasteiger partial charge in [0.25, 0.3) is 5.91 Å².